The Kier molecular flexibility index (Phi) is 5.19. The van der Waals surface area contributed by atoms with Gasteiger partial charge in [-0.15, -0.1) is 0 Å². The molecule has 0 saturated carbocycles. The van der Waals surface area contributed by atoms with E-state index >= 15 is 0 Å². The fourth-order valence-electron chi connectivity index (χ4n) is 2.30. The van der Waals surface area contributed by atoms with Gasteiger partial charge in [0.1, 0.15) is 11.7 Å². The highest BCUT2D eigenvalue weighted by atomic mass is 16.6. The van der Waals surface area contributed by atoms with Crippen molar-refractivity contribution in [3.63, 3.8) is 0 Å². The van der Waals surface area contributed by atoms with Gasteiger partial charge in [-0.3, -0.25) is 4.79 Å². The molecule has 22 heavy (non-hydrogen) atoms. The number of ether oxygens (including phenoxy) is 2. The summed E-state index contributed by atoms with van der Waals surface area (Å²) < 4.78 is 10.8. The number of esters is 1. The molecule has 120 valence electrons. The van der Waals surface area contributed by atoms with Crippen molar-refractivity contribution >= 4 is 11.9 Å². The summed E-state index contributed by atoms with van der Waals surface area (Å²) >= 11 is 0. The zero-order valence-electron chi connectivity index (χ0n) is 13.3. The SMILES string of the molecule is CC(C)(C)OC(=O)[C@@H](NC(=O)C1CCCO1)c1ccccc1. The molecule has 1 amide bonds. The van der Waals surface area contributed by atoms with Gasteiger partial charge in [0.05, 0.1) is 0 Å². The highest BCUT2D eigenvalue weighted by Gasteiger charge is 2.31. The molecule has 1 aliphatic heterocycles. The molecule has 0 aliphatic carbocycles. The second-order valence-electron chi connectivity index (χ2n) is 6.39. The van der Waals surface area contributed by atoms with Gasteiger partial charge in [-0.05, 0) is 39.2 Å². The lowest BCUT2D eigenvalue weighted by Gasteiger charge is -2.25. The summed E-state index contributed by atoms with van der Waals surface area (Å²) in [6.07, 6.45) is 1.07. The van der Waals surface area contributed by atoms with Crippen molar-refractivity contribution in [3.05, 3.63) is 35.9 Å². The highest BCUT2D eigenvalue weighted by molar-refractivity contribution is 5.88. The first kappa shape index (κ1) is 16.5. The zero-order chi connectivity index (χ0) is 16.2. The lowest BCUT2D eigenvalue weighted by Crippen LogP contribution is -2.42. The lowest BCUT2D eigenvalue weighted by atomic mass is 10.1. The van der Waals surface area contributed by atoms with Crippen molar-refractivity contribution in [2.45, 2.75) is 51.4 Å². The first-order chi connectivity index (χ1) is 10.4. The van der Waals surface area contributed by atoms with Crippen LogP contribution < -0.4 is 5.32 Å². The topological polar surface area (TPSA) is 64.6 Å². The van der Waals surface area contributed by atoms with Crippen LogP contribution in [0.3, 0.4) is 0 Å². The molecule has 0 bridgehead atoms. The van der Waals surface area contributed by atoms with E-state index < -0.39 is 23.7 Å². The van der Waals surface area contributed by atoms with Gasteiger partial charge in [0.2, 0.25) is 5.91 Å². The Hall–Kier alpha value is -1.88. The molecular formula is C17H23NO4. The predicted octanol–water partition coefficient (Wildman–Crippen LogP) is 2.36. The second-order valence-corrected chi connectivity index (χ2v) is 6.39. The van der Waals surface area contributed by atoms with Crippen LogP contribution in [0, 0.1) is 0 Å². The standard InChI is InChI=1S/C17H23NO4/c1-17(2,3)22-16(20)14(12-8-5-4-6-9-12)18-15(19)13-10-7-11-21-13/h4-6,8-9,13-14H,7,10-11H2,1-3H3,(H,18,19)/t13?,14-/m0/s1. The van der Waals surface area contributed by atoms with Crippen LogP contribution in [0.5, 0.6) is 0 Å². The minimum absolute atomic E-state index is 0.266. The summed E-state index contributed by atoms with van der Waals surface area (Å²) in [6.45, 7) is 5.99. The van der Waals surface area contributed by atoms with Gasteiger partial charge >= 0.3 is 5.97 Å². The molecular weight excluding hydrogens is 282 g/mol. The van der Waals surface area contributed by atoms with Gasteiger partial charge < -0.3 is 14.8 Å². The molecule has 0 radical (unpaired) electrons. The number of hydrogen-bond acceptors (Lipinski definition) is 4. The highest BCUT2D eigenvalue weighted by Crippen LogP contribution is 2.20. The van der Waals surface area contributed by atoms with E-state index in [1.807, 2.05) is 18.2 Å². The van der Waals surface area contributed by atoms with Crippen LogP contribution in [-0.4, -0.2) is 30.2 Å². The van der Waals surface area contributed by atoms with Gasteiger partial charge in [-0.2, -0.15) is 0 Å². The molecule has 1 unspecified atom stereocenters. The summed E-state index contributed by atoms with van der Waals surface area (Å²) in [5, 5.41) is 2.76. The van der Waals surface area contributed by atoms with E-state index in [4.69, 9.17) is 9.47 Å². The Labute approximate surface area is 131 Å². The lowest BCUT2D eigenvalue weighted by molar-refractivity contribution is -0.159. The summed E-state index contributed by atoms with van der Waals surface area (Å²) in [5.41, 5.74) is 0.0849. The number of carbonyl (C=O) groups is 2. The van der Waals surface area contributed by atoms with Crippen LogP contribution in [0.4, 0.5) is 0 Å². The van der Waals surface area contributed by atoms with Gasteiger partial charge in [-0.25, -0.2) is 4.79 Å². The van der Waals surface area contributed by atoms with E-state index in [2.05, 4.69) is 5.32 Å². The first-order valence-corrected chi connectivity index (χ1v) is 7.56. The molecule has 0 spiro atoms. The van der Waals surface area contributed by atoms with E-state index in [0.29, 0.717) is 18.6 Å². The monoisotopic (exact) mass is 305 g/mol. The van der Waals surface area contributed by atoms with Crippen molar-refractivity contribution in [2.24, 2.45) is 0 Å². The van der Waals surface area contributed by atoms with Crippen LogP contribution >= 0.6 is 0 Å². The molecule has 5 heteroatoms. The fourth-order valence-corrected chi connectivity index (χ4v) is 2.30. The number of amides is 1. The van der Waals surface area contributed by atoms with Crippen molar-refractivity contribution in [1.82, 2.24) is 5.32 Å². The summed E-state index contributed by atoms with van der Waals surface area (Å²) in [4.78, 5) is 24.7. The maximum atomic E-state index is 12.4. The van der Waals surface area contributed by atoms with Crippen molar-refractivity contribution in [1.29, 1.82) is 0 Å². The average Bonchev–Trinajstić information content (AvgIpc) is 2.97. The zero-order valence-corrected chi connectivity index (χ0v) is 13.3. The third-order valence-electron chi connectivity index (χ3n) is 3.28. The number of benzene rings is 1. The smallest absolute Gasteiger partial charge is 0.333 e. The number of rotatable bonds is 4. The maximum absolute atomic E-state index is 12.4. The van der Waals surface area contributed by atoms with E-state index in [1.165, 1.54) is 0 Å². The van der Waals surface area contributed by atoms with Gasteiger partial charge in [0.15, 0.2) is 6.04 Å². The van der Waals surface area contributed by atoms with E-state index in [9.17, 15) is 9.59 Å². The summed E-state index contributed by atoms with van der Waals surface area (Å²) in [5.74, 6) is -0.734. The van der Waals surface area contributed by atoms with Crippen LogP contribution in [0.25, 0.3) is 0 Å². The average molecular weight is 305 g/mol. The van der Waals surface area contributed by atoms with Gasteiger partial charge in [0.25, 0.3) is 0 Å². The fraction of sp³-hybridized carbons (Fsp3) is 0.529. The molecule has 5 nitrogen and oxygen atoms in total. The molecule has 2 atom stereocenters. The summed E-state index contributed by atoms with van der Waals surface area (Å²) in [6, 6.07) is 8.28. The van der Waals surface area contributed by atoms with Crippen LogP contribution in [0.15, 0.2) is 30.3 Å². The third-order valence-corrected chi connectivity index (χ3v) is 3.28. The Morgan fingerprint density at radius 2 is 1.95 bits per heavy atom. The molecule has 1 saturated heterocycles. The normalized spacial score (nSPS) is 19.5. The van der Waals surface area contributed by atoms with E-state index in [1.54, 1.807) is 32.9 Å². The number of hydrogen-bond donors (Lipinski definition) is 1. The van der Waals surface area contributed by atoms with Crippen LogP contribution in [0.1, 0.15) is 45.2 Å². The molecule has 1 aliphatic rings. The van der Waals surface area contributed by atoms with Crippen molar-refractivity contribution in [3.8, 4) is 0 Å². The summed E-state index contributed by atoms with van der Waals surface area (Å²) in [7, 11) is 0. The third kappa shape index (κ3) is 4.56. The first-order valence-electron chi connectivity index (χ1n) is 7.56. The Bertz CT molecular complexity index is 515. The Morgan fingerprint density at radius 1 is 1.27 bits per heavy atom. The van der Waals surface area contributed by atoms with Crippen molar-refractivity contribution < 1.29 is 19.1 Å². The van der Waals surface area contributed by atoms with E-state index in [-0.39, 0.29) is 5.91 Å². The Morgan fingerprint density at radius 3 is 2.50 bits per heavy atom. The molecule has 2 rings (SSSR count). The van der Waals surface area contributed by atoms with Crippen molar-refractivity contribution in [2.75, 3.05) is 6.61 Å². The predicted molar refractivity (Wildman–Crippen MR) is 82.1 cm³/mol. The minimum Gasteiger partial charge on any atom is -0.458 e. The molecule has 1 aromatic rings. The molecule has 1 aromatic carbocycles. The second kappa shape index (κ2) is 6.92. The quantitative estimate of drug-likeness (QED) is 0.867. The van der Waals surface area contributed by atoms with Crippen LogP contribution in [-0.2, 0) is 19.1 Å². The molecule has 1 heterocycles. The minimum atomic E-state index is -0.822. The molecule has 1 N–H and O–H groups in total. The molecule has 1 fully saturated rings. The Balaban J connectivity index is 2.14. The van der Waals surface area contributed by atoms with Crippen LogP contribution in [0.2, 0.25) is 0 Å². The largest absolute Gasteiger partial charge is 0.458 e. The van der Waals surface area contributed by atoms with Gasteiger partial charge in [-0.1, -0.05) is 30.3 Å². The maximum Gasteiger partial charge on any atom is 0.333 e. The van der Waals surface area contributed by atoms with Gasteiger partial charge in [0, 0.05) is 6.61 Å². The number of nitrogens with one attached hydrogen (secondary N) is 1. The molecule has 0 aromatic heterocycles. The van der Waals surface area contributed by atoms with E-state index in [0.717, 1.165) is 6.42 Å². The number of carbonyl (C=O) groups excluding carboxylic acids is 2.